The number of halogens is 1. The van der Waals surface area contributed by atoms with Gasteiger partial charge in [0.25, 0.3) is 0 Å². The van der Waals surface area contributed by atoms with Crippen LogP contribution in [0.25, 0.3) is 28.2 Å². The molecule has 6 nitrogen and oxygen atoms in total. The molecular weight excluding hydrogens is 475 g/mol. The Morgan fingerprint density at radius 2 is 1.86 bits per heavy atom. The summed E-state index contributed by atoms with van der Waals surface area (Å²) in [5.74, 6) is 1.20. The van der Waals surface area contributed by atoms with Gasteiger partial charge in [-0.15, -0.1) is 0 Å². The smallest absolute Gasteiger partial charge is 0.225 e. The van der Waals surface area contributed by atoms with Crippen molar-refractivity contribution in [2.45, 2.75) is 31.8 Å². The Bertz CT molecular complexity index is 1350. The van der Waals surface area contributed by atoms with E-state index in [-0.39, 0.29) is 11.7 Å². The third-order valence-electron chi connectivity index (χ3n) is 5.72. The van der Waals surface area contributed by atoms with E-state index in [0.717, 1.165) is 34.1 Å². The van der Waals surface area contributed by atoms with E-state index in [1.165, 1.54) is 23.9 Å². The number of thioether (sulfide) groups is 1. The number of anilines is 1. The van der Waals surface area contributed by atoms with Gasteiger partial charge in [-0.2, -0.15) is 0 Å². The summed E-state index contributed by atoms with van der Waals surface area (Å²) in [4.78, 5) is 21.8. The van der Waals surface area contributed by atoms with Crippen LogP contribution in [0, 0.1) is 11.7 Å². The molecule has 1 amide bonds. The molecule has 0 radical (unpaired) electrons. The molecule has 2 aromatic carbocycles. The Morgan fingerprint density at radius 1 is 1.11 bits per heavy atom. The molecule has 0 atom stereocenters. The van der Waals surface area contributed by atoms with Gasteiger partial charge in [0.15, 0.2) is 5.16 Å². The first kappa shape index (κ1) is 25.4. The van der Waals surface area contributed by atoms with Gasteiger partial charge in [0.1, 0.15) is 17.4 Å². The van der Waals surface area contributed by atoms with Gasteiger partial charge in [0.05, 0.1) is 24.2 Å². The number of ether oxygens (including phenoxy) is 1. The highest BCUT2D eigenvalue weighted by Gasteiger charge is 2.23. The zero-order valence-corrected chi connectivity index (χ0v) is 21.6. The van der Waals surface area contributed by atoms with Crippen LogP contribution in [0.3, 0.4) is 0 Å². The summed E-state index contributed by atoms with van der Waals surface area (Å²) in [6.45, 7) is 4.18. The van der Waals surface area contributed by atoms with E-state index >= 15 is 0 Å². The van der Waals surface area contributed by atoms with Gasteiger partial charge in [-0.25, -0.2) is 14.4 Å². The maximum atomic E-state index is 13.7. The molecule has 186 valence electrons. The number of rotatable bonds is 9. The number of carbonyl (C=O) groups is 1. The van der Waals surface area contributed by atoms with Crippen LogP contribution < -0.4 is 10.1 Å². The van der Waals surface area contributed by atoms with Crippen LogP contribution in [0.4, 0.5) is 10.2 Å². The largest absolute Gasteiger partial charge is 0.495 e. The van der Waals surface area contributed by atoms with E-state index in [4.69, 9.17) is 9.72 Å². The van der Waals surface area contributed by atoms with Crippen molar-refractivity contribution < 1.29 is 13.9 Å². The third-order valence-corrected chi connectivity index (χ3v) is 6.36. The first-order valence-electron chi connectivity index (χ1n) is 11.7. The van der Waals surface area contributed by atoms with Crippen LogP contribution in [-0.4, -0.2) is 33.8 Å². The first-order valence-corrected chi connectivity index (χ1v) is 13.0. The molecular formula is C28H29FN4O2S. The highest BCUT2D eigenvalue weighted by molar-refractivity contribution is 7.98. The monoisotopic (exact) mass is 504 g/mol. The quantitative estimate of drug-likeness (QED) is 0.253. The number of carbonyl (C=O) groups excluding carboxylic acids is 1. The van der Waals surface area contributed by atoms with Crippen LogP contribution in [0.5, 0.6) is 5.75 Å². The molecule has 0 aliphatic carbocycles. The normalized spacial score (nSPS) is 11.1. The summed E-state index contributed by atoms with van der Waals surface area (Å²) in [7, 11) is 1.63. The van der Waals surface area contributed by atoms with E-state index in [1.54, 1.807) is 25.4 Å². The second kappa shape index (κ2) is 11.4. The first-order chi connectivity index (χ1) is 17.4. The molecule has 0 unspecified atom stereocenters. The molecule has 36 heavy (non-hydrogen) atoms. The maximum Gasteiger partial charge on any atom is 0.225 e. The predicted octanol–water partition coefficient (Wildman–Crippen LogP) is 6.85. The maximum absolute atomic E-state index is 13.7. The molecule has 0 saturated heterocycles. The van der Waals surface area contributed by atoms with Gasteiger partial charge < -0.3 is 10.1 Å². The number of hydrogen-bond donors (Lipinski definition) is 1. The van der Waals surface area contributed by atoms with E-state index < -0.39 is 0 Å². The highest BCUT2D eigenvalue weighted by Crippen LogP contribution is 2.40. The Labute approximate surface area is 214 Å². The number of aromatic nitrogens is 3. The fourth-order valence-corrected chi connectivity index (χ4v) is 4.48. The summed E-state index contributed by atoms with van der Waals surface area (Å²) in [5.41, 5.74) is 3.88. The van der Waals surface area contributed by atoms with Gasteiger partial charge in [-0.05, 0) is 67.1 Å². The van der Waals surface area contributed by atoms with Crippen LogP contribution in [0.15, 0.2) is 72.0 Å². The lowest BCUT2D eigenvalue weighted by Crippen LogP contribution is -2.13. The van der Waals surface area contributed by atoms with Gasteiger partial charge >= 0.3 is 0 Å². The second-order valence-electron chi connectivity index (χ2n) is 8.72. The summed E-state index contributed by atoms with van der Waals surface area (Å²) in [6, 6.07) is 17.7. The number of hydrogen-bond acceptors (Lipinski definition) is 5. The number of benzene rings is 2. The molecule has 2 heterocycles. The number of amides is 1. The molecule has 0 aliphatic rings. The molecule has 0 saturated carbocycles. The fourth-order valence-electron chi connectivity index (χ4n) is 3.92. The molecule has 0 spiro atoms. The minimum atomic E-state index is -0.315. The van der Waals surface area contributed by atoms with Crippen molar-refractivity contribution in [1.29, 1.82) is 0 Å². The topological polar surface area (TPSA) is 69.0 Å². The van der Waals surface area contributed by atoms with Gasteiger partial charge in [0.2, 0.25) is 5.91 Å². The summed E-state index contributed by atoms with van der Waals surface area (Å²) in [5, 5.41) is 3.66. The number of nitrogens with one attached hydrogen (secondary N) is 1. The predicted molar refractivity (Wildman–Crippen MR) is 143 cm³/mol. The van der Waals surface area contributed by atoms with Crippen molar-refractivity contribution in [3.05, 3.63) is 72.7 Å². The molecule has 4 aromatic rings. The molecule has 1 N–H and O–H groups in total. The minimum absolute atomic E-state index is 0.0739. The highest BCUT2D eigenvalue weighted by atomic mass is 32.2. The Kier molecular flexibility index (Phi) is 8.05. The molecule has 0 fully saturated rings. The minimum Gasteiger partial charge on any atom is -0.495 e. The van der Waals surface area contributed by atoms with Crippen molar-refractivity contribution in [2.75, 3.05) is 18.7 Å². The van der Waals surface area contributed by atoms with Crippen LogP contribution >= 0.6 is 11.8 Å². The average molecular weight is 505 g/mol. The number of imidazole rings is 1. The van der Waals surface area contributed by atoms with E-state index in [1.807, 2.05) is 47.2 Å². The van der Waals surface area contributed by atoms with Gasteiger partial charge in [-0.1, -0.05) is 37.7 Å². The Morgan fingerprint density at radius 3 is 2.56 bits per heavy atom. The van der Waals surface area contributed by atoms with Crippen LogP contribution in [0.1, 0.15) is 26.7 Å². The van der Waals surface area contributed by atoms with Crippen molar-refractivity contribution in [3.8, 4) is 34.0 Å². The molecule has 0 aliphatic heterocycles. The number of methoxy groups -OCH3 is 1. The van der Waals surface area contributed by atoms with Gasteiger partial charge in [-0.3, -0.25) is 9.36 Å². The average Bonchev–Trinajstić information content (AvgIpc) is 3.27. The summed E-state index contributed by atoms with van der Waals surface area (Å²) < 4.78 is 21.4. The molecule has 0 bridgehead atoms. The second-order valence-corrected chi connectivity index (χ2v) is 9.49. The van der Waals surface area contributed by atoms with Crippen LogP contribution in [-0.2, 0) is 4.79 Å². The lowest BCUT2D eigenvalue weighted by molar-refractivity contribution is -0.116. The molecule has 4 rings (SSSR count). The van der Waals surface area contributed by atoms with E-state index in [0.29, 0.717) is 29.6 Å². The SMILES string of the molecule is COc1ccccc1-n1c(SC)nc(-c2ccc(F)cc2)c1-c1ccnc(NC(=O)CCC(C)C)c1. The number of para-hydroxylation sites is 2. The lowest BCUT2D eigenvalue weighted by Gasteiger charge is -2.16. The third kappa shape index (κ3) is 5.60. The standard InChI is InChI=1S/C28H29FN4O2S/c1-18(2)9-14-25(34)31-24-17-20(15-16-30-24)27-26(19-10-12-21(29)13-11-19)32-28(36-4)33(27)22-7-5-6-8-23(22)35-3/h5-8,10-13,15-18H,9,14H2,1-4H3,(H,30,31,34). The van der Waals surface area contributed by atoms with Crippen molar-refractivity contribution >= 4 is 23.5 Å². The van der Waals surface area contributed by atoms with Crippen LogP contribution in [0.2, 0.25) is 0 Å². The van der Waals surface area contributed by atoms with Crippen molar-refractivity contribution in [3.63, 3.8) is 0 Å². The Balaban J connectivity index is 1.89. The molecule has 2 aromatic heterocycles. The lowest BCUT2D eigenvalue weighted by atomic mass is 10.0. The zero-order chi connectivity index (χ0) is 25.7. The van der Waals surface area contributed by atoms with E-state index in [9.17, 15) is 9.18 Å². The zero-order valence-electron chi connectivity index (χ0n) is 20.8. The molecule has 8 heteroatoms. The number of nitrogens with zero attached hydrogens (tertiary/aromatic N) is 3. The fraction of sp³-hybridized carbons (Fsp3) is 0.250. The van der Waals surface area contributed by atoms with E-state index in [2.05, 4.69) is 24.1 Å². The van der Waals surface area contributed by atoms with Gasteiger partial charge in [0, 0.05) is 23.7 Å². The summed E-state index contributed by atoms with van der Waals surface area (Å²) >= 11 is 1.50. The number of pyridine rings is 1. The summed E-state index contributed by atoms with van der Waals surface area (Å²) in [6.07, 6.45) is 4.86. The van der Waals surface area contributed by atoms with Crippen molar-refractivity contribution in [1.82, 2.24) is 14.5 Å². The van der Waals surface area contributed by atoms with Crippen molar-refractivity contribution in [2.24, 2.45) is 5.92 Å². The Hall–Kier alpha value is -3.65.